The van der Waals surface area contributed by atoms with Crippen LogP contribution >= 0.6 is 0 Å². The van der Waals surface area contributed by atoms with Gasteiger partial charge >= 0.3 is 0 Å². The summed E-state index contributed by atoms with van der Waals surface area (Å²) in [5.74, 6) is -0.0207. The topological polar surface area (TPSA) is 40.5 Å². The van der Waals surface area contributed by atoms with Crippen LogP contribution in [0.15, 0.2) is 36.4 Å². The Morgan fingerprint density at radius 1 is 1.35 bits per heavy atom. The molecule has 0 radical (unpaired) electrons. The lowest BCUT2D eigenvalue weighted by Gasteiger charge is -2.29. The smallest absolute Gasteiger partial charge is 0.246 e. The Balaban J connectivity index is 1.94. The van der Waals surface area contributed by atoms with E-state index in [2.05, 4.69) is 0 Å². The summed E-state index contributed by atoms with van der Waals surface area (Å²) in [5.41, 5.74) is 1.01. The molecule has 0 saturated carbocycles. The van der Waals surface area contributed by atoms with Crippen LogP contribution in [0.3, 0.4) is 0 Å². The molecule has 1 atom stereocenters. The van der Waals surface area contributed by atoms with Crippen molar-refractivity contribution < 1.29 is 9.90 Å². The van der Waals surface area contributed by atoms with Gasteiger partial charge in [-0.05, 0) is 24.5 Å². The minimum Gasteiger partial charge on any atom is -0.391 e. The van der Waals surface area contributed by atoms with E-state index in [-0.39, 0.29) is 12.0 Å². The van der Waals surface area contributed by atoms with Gasteiger partial charge in [0.05, 0.1) is 6.10 Å². The fourth-order valence-electron chi connectivity index (χ4n) is 1.99. The lowest BCUT2D eigenvalue weighted by Crippen LogP contribution is -2.41. The Hall–Kier alpha value is -1.61. The SMILES string of the molecule is O=C(/C=C/c1ccccc1)N1CCC[C@@H](O)C1. The van der Waals surface area contributed by atoms with Crippen LogP contribution in [0.25, 0.3) is 6.08 Å². The van der Waals surface area contributed by atoms with Gasteiger partial charge in [0, 0.05) is 19.2 Å². The van der Waals surface area contributed by atoms with Gasteiger partial charge in [0.25, 0.3) is 0 Å². The number of benzene rings is 1. The minimum atomic E-state index is -0.363. The number of hydrogen-bond donors (Lipinski definition) is 1. The number of β-amino-alcohol motifs (C(OH)–C–C–N with tert-alkyl or cyclic N) is 1. The second-order valence-electron chi connectivity index (χ2n) is 4.32. The highest BCUT2D eigenvalue weighted by molar-refractivity contribution is 5.91. The number of likely N-dealkylation sites (tertiary alicyclic amines) is 1. The van der Waals surface area contributed by atoms with E-state index in [1.807, 2.05) is 36.4 Å². The third kappa shape index (κ3) is 3.43. The molecule has 90 valence electrons. The van der Waals surface area contributed by atoms with E-state index in [0.717, 1.165) is 24.9 Å². The number of rotatable bonds is 2. The highest BCUT2D eigenvalue weighted by Gasteiger charge is 2.20. The van der Waals surface area contributed by atoms with Gasteiger partial charge in [0.1, 0.15) is 0 Å². The molecule has 1 saturated heterocycles. The van der Waals surface area contributed by atoms with E-state index >= 15 is 0 Å². The van der Waals surface area contributed by atoms with Crippen molar-refractivity contribution in [1.29, 1.82) is 0 Å². The lowest BCUT2D eigenvalue weighted by molar-refractivity contribution is -0.128. The van der Waals surface area contributed by atoms with E-state index in [1.54, 1.807) is 11.0 Å². The largest absolute Gasteiger partial charge is 0.391 e. The number of aliphatic hydroxyl groups is 1. The Morgan fingerprint density at radius 2 is 2.12 bits per heavy atom. The summed E-state index contributed by atoms with van der Waals surface area (Å²) in [6.45, 7) is 1.20. The summed E-state index contributed by atoms with van der Waals surface area (Å²) in [6, 6.07) is 9.73. The maximum Gasteiger partial charge on any atom is 0.246 e. The van der Waals surface area contributed by atoms with Gasteiger partial charge in [-0.1, -0.05) is 30.3 Å². The molecule has 0 bridgehead atoms. The zero-order chi connectivity index (χ0) is 12.1. The molecule has 0 spiro atoms. The number of hydrogen-bond acceptors (Lipinski definition) is 2. The Bertz CT molecular complexity index is 400. The molecular formula is C14H17NO2. The van der Waals surface area contributed by atoms with Crippen LogP contribution < -0.4 is 0 Å². The number of piperidine rings is 1. The summed E-state index contributed by atoms with van der Waals surface area (Å²) >= 11 is 0. The molecule has 0 aromatic heterocycles. The van der Waals surface area contributed by atoms with E-state index in [9.17, 15) is 9.90 Å². The maximum atomic E-state index is 11.8. The molecule has 17 heavy (non-hydrogen) atoms. The average Bonchev–Trinajstić information content (AvgIpc) is 2.37. The van der Waals surface area contributed by atoms with Crippen molar-refractivity contribution >= 4 is 12.0 Å². The first-order valence-electron chi connectivity index (χ1n) is 5.96. The average molecular weight is 231 g/mol. The van der Waals surface area contributed by atoms with Crippen LogP contribution in [-0.2, 0) is 4.79 Å². The molecule has 0 aliphatic carbocycles. The first-order valence-corrected chi connectivity index (χ1v) is 5.96. The van der Waals surface area contributed by atoms with Crippen molar-refractivity contribution in [3.63, 3.8) is 0 Å². The predicted octanol–water partition coefficient (Wildman–Crippen LogP) is 1.68. The first-order chi connectivity index (χ1) is 8.25. The molecule has 1 aromatic carbocycles. The summed E-state index contributed by atoms with van der Waals surface area (Å²) in [7, 11) is 0. The predicted molar refractivity (Wildman–Crippen MR) is 67.3 cm³/mol. The van der Waals surface area contributed by atoms with E-state index in [4.69, 9.17) is 0 Å². The minimum absolute atomic E-state index is 0.0207. The molecule has 3 heteroatoms. The van der Waals surface area contributed by atoms with Gasteiger partial charge in [0.2, 0.25) is 5.91 Å². The lowest BCUT2D eigenvalue weighted by atomic mass is 10.1. The van der Waals surface area contributed by atoms with Crippen LogP contribution in [0.2, 0.25) is 0 Å². The van der Waals surface area contributed by atoms with Crippen LogP contribution in [0.4, 0.5) is 0 Å². The fraction of sp³-hybridized carbons (Fsp3) is 0.357. The number of carbonyl (C=O) groups excluding carboxylic acids is 1. The zero-order valence-corrected chi connectivity index (χ0v) is 9.75. The second-order valence-corrected chi connectivity index (χ2v) is 4.32. The third-order valence-electron chi connectivity index (χ3n) is 2.93. The fourth-order valence-corrected chi connectivity index (χ4v) is 1.99. The Labute approximate surface area is 101 Å². The number of carbonyl (C=O) groups is 1. The summed E-state index contributed by atoms with van der Waals surface area (Å²) in [5, 5.41) is 9.50. The van der Waals surface area contributed by atoms with Gasteiger partial charge < -0.3 is 10.0 Å². The van der Waals surface area contributed by atoms with Crippen LogP contribution in [0.5, 0.6) is 0 Å². The van der Waals surface area contributed by atoms with Crippen molar-refractivity contribution in [3.8, 4) is 0 Å². The molecule has 1 heterocycles. The van der Waals surface area contributed by atoms with Gasteiger partial charge in [-0.3, -0.25) is 4.79 Å². The van der Waals surface area contributed by atoms with Gasteiger partial charge in [0.15, 0.2) is 0 Å². The molecule has 3 nitrogen and oxygen atoms in total. The van der Waals surface area contributed by atoms with E-state index in [1.165, 1.54) is 0 Å². The van der Waals surface area contributed by atoms with Gasteiger partial charge in [-0.25, -0.2) is 0 Å². The van der Waals surface area contributed by atoms with Crippen molar-refractivity contribution in [2.24, 2.45) is 0 Å². The maximum absolute atomic E-state index is 11.8. The number of nitrogens with zero attached hydrogens (tertiary/aromatic N) is 1. The highest BCUT2D eigenvalue weighted by atomic mass is 16.3. The summed E-state index contributed by atoms with van der Waals surface area (Å²) in [6.07, 6.45) is 4.70. The molecule has 1 aromatic rings. The van der Waals surface area contributed by atoms with Crippen molar-refractivity contribution in [2.75, 3.05) is 13.1 Å². The summed E-state index contributed by atoms with van der Waals surface area (Å²) in [4.78, 5) is 13.5. The zero-order valence-electron chi connectivity index (χ0n) is 9.75. The summed E-state index contributed by atoms with van der Waals surface area (Å²) < 4.78 is 0. The van der Waals surface area contributed by atoms with Crippen LogP contribution in [0, 0.1) is 0 Å². The first kappa shape index (κ1) is 11.9. The molecule has 1 fully saturated rings. The van der Waals surface area contributed by atoms with Crippen molar-refractivity contribution in [1.82, 2.24) is 4.90 Å². The van der Waals surface area contributed by atoms with E-state index in [0.29, 0.717) is 6.54 Å². The highest BCUT2D eigenvalue weighted by Crippen LogP contribution is 2.10. The Morgan fingerprint density at radius 3 is 2.82 bits per heavy atom. The van der Waals surface area contributed by atoms with Crippen LogP contribution in [-0.4, -0.2) is 35.1 Å². The Kier molecular flexibility index (Phi) is 3.94. The van der Waals surface area contributed by atoms with Gasteiger partial charge in [-0.15, -0.1) is 0 Å². The molecule has 1 aliphatic heterocycles. The molecule has 0 unspecified atom stereocenters. The van der Waals surface area contributed by atoms with E-state index < -0.39 is 0 Å². The quantitative estimate of drug-likeness (QED) is 0.787. The van der Waals surface area contributed by atoms with Crippen LogP contribution in [0.1, 0.15) is 18.4 Å². The normalized spacial score (nSPS) is 20.8. The standard InChI is InChI=1S/C14H17NO2/c16-13-7-4-10-15(11-13)14(17)9-8-12-5-2-1-3-6-12/h1-3,5-6,8-9,13,16H,4,7,10-11H2/b9-8+/t13-/m1/s1. The van der Waals surface area contributed by atoms with Crippen molar-refractivity contribution in [3.05, 3.63) is 42.0 Å². The molecular weight excluding hydrogens is 214 g/mol. The molecule has 1 aliphatic rings. The third-order valence-corrected chi connectivity index (χ3v) is 2.93. The molecule has 1 N–H and O–H groups in total. The molecule has 2 rings (SSSR count). The number of amides is 1. The monoisotopic (exact) mass is 231 g/mol. The number of aliphatic hydroxyl groups excluding tert-OH is 1. The van der Waals surface area contributed by atoms with Crippen molar-refractivity contribution in [2.45, 2.75) is 18.9 Å². The molecule has 1 amide bonds. The van der Waals surface area contributed by atoms with Gasteiger partial charge in [-0.2, -0.15) is 0 Å². The second kappa shape index (κ2) is 5.64.